The van der Waals surface area contributed by atoms with Gasteiger partial charge in [-0.15, -0.1) is 0 Å². The summed E-state index contributed by atoms with van der Waals surface area (Å²) in [7, 11) is 3.80. The van der Waals surface area contributed by atoms with Gasteiger partial charge in [-0.1, -0.05) is 24.8 Å². The molecule has 6 heteroatoms. The molecule has 6 nitrogen and oxygen atoms in total. The maximum Gasteiger partial charge on any atom is 0.228 e. The highest BCUT2D eigenvalue weighted by atomic mass is 16.2. The molecule has 1 aromatic heterocycles. The Labute approximate surface area is 159 Å². The summed E-state index contributed by atoms with van der Waals surface area (Å²) in [5.41, 5.74) is 3.51. The topological polar surface area (TPSA) is 70.5 Å². The van der Waals surface area contributed by atoms with Crippen LogP contribution in [0.3, 0.4) is 0 Å². The van der Waals surface area contributed by atoms with Crippen molar-refractivity contribution in [3.63, 3.8) is 0 Å². The maximum absolute atomic E-state index is 12.4. The molecule has 1 saturated carbocycles. The average Bonchev–Trinajstić information content (AvgIpc) is 3.47. The molecule has 138 valence electrons. The number of anilines is 2. The number of hydrogen-bond donors (Lipinski definition) is 1. The van der Waals surface area contributed by atoms with Crippen LogP contribution >= 0.6 is 0 Å². The van der Waals surface area contributed by atoms with Crippen LogP contribution in [-0.4, -0.2) is 36.7 Å². The van der Waals surface area contributed by atoms with E-state index in [1.54, 1.807) is 18.5 Å². The number of carbonyl (C=O) groups excluding carboxylic acids is 1. The van der Waals surface area contributed by atoms with Gasteiger partial charge in [0.2, 0.25) is 11.9 Å². The Morgan fingerprint density at radius 2 is 1.85 bits per heavy atom. The molecule has 0 radical (unpaired) electrons. The van der Waals surface area contributed by atoms with Crippen molar-refractivity contribution in [3.05, 3.63) is 61.1 Å². The van der Waals surface area contributed by atoms with Gasteiger partial charge in [-0.3, -0.25) is 9.79 Å². The average molecular weight is 361 g/mol. The Morgan fingerprint density at radius 3 is 2.41 bits per heavy atom. The third-order valence-electron chi connectivity index (χ3n) is 4.50. The molecule has 27 heavy (non-hydrogen) atoms. The standard InChI is InChI=1S/C21H23N5O/c1-5-6-19(22-2)17-11-18(17)20(27)25-16-9-7-14(8-10-16)15-12-23-21(24-13-15)26(3)4/h5-10,12-13,17-18H,1-2,11H2,3-4H3,(H,25,27)/b19-6-. The summed E-state index contributed by atoms with van der Waals surface area (Å²) in [6, 6.07) is 7.66. The van der Waals surface area contributed by atoms with Crippen LogP contribution in [0.4, 0.5) is 11.6 Å². The van der Waals surface area contributed by atoms with E-state index in [0.29, 0.717) is 5.95 Å². The Hall–Kier alpha value is -3.28. The van der Waals surface area contributed by atoms with Gasteiger partial charge in [-0.25, -0.2) is 9.97 Å². The number of allylic oxidation sites excluding steroid dienone is 3. The van der Waals surface area contributed by atoms with E-state index in [2.05, 4.69) is 33.6 Å². The molecule has 0 aliphatic heterocycles. The SMILES string of the molecule is C=C/C=C(\N=C)C1CC1C(=O)Nc1ccc(-c2cnc(N(C)C)nc2)cc1. The fraction of sp³-hybridized carbons (Fsp3) is 0.238. The van der Waals surface area contributed by atoms with E-state index in [1.165, 1.54) is 0 Å². The molecule has 1 aliphatic carbocycles. The first kappa shape index (κ1) is 18.5. The number of aliphatic imine (C=N–C) groups is 1. The predicted molar refractivity (Wildman–Crippen MR) is 110 cm³/mol. The summed E-state index contributed by atoms with van der Waals surface area (Å²) < 4.78 is 0. The van der Waals surface area contributed by atoms with Crippen molar-refractivity contribution in [1.29, 1.82) is 0 Å². The van der Waals surface area contributed by atoms with Crippen molar-refractivity contribution >= 4 is 24.3 Å². The summed E-state index contributed by atoms with van der Waals surface area (Å²) in [6.07, 6.45) is 7.85. The van der Waals surface area contributed by atoms with Gasteiger partial charge in [0.05, 0.1) is 0 Å². The van der Waals surface area contributed by atoms with Crippen molar-refractivity contribution < 1.29 is 4.79 Å². The summed E-state index contributed by atoms with van der Waals surface area (Å²) in [5, 5.41) is 2.97. The number of nitrogens with one attached hydrogen (secondary N) is 1. The van der Waals surface area contributed by atoms with Gasteiger partial charge >= 0.3 is 0 Å². The van der Waals surface area contributed by atoms with E-state index in [9.17, 15) is 4.79 Å². The highest BCUT2D eigenvalue weighted by Crippen LogP contribution is 2.45. The molecule has 0 bridgehead atoms. The van der Waals surface area contributed by atoms with Crippen LogP contribution in [0.15, 0.2) is 66.1 Å². The summed E-state index contributed by atoms with van der Waals surface area (Å²) in [6.45, 7) is 7.23. The van der Waals surface area contributed by atoms with Crippen molar-refractivity contribution in [2.45, 2.75) is 6.42 Å². The second-order valence-corrected chi connectivity index (χ2v) is 6.67. The molecule has 1 N–H and O–H groups in total. The van der Waals surface area contributed by atoms with E-state index >= 15 is 0 Å². The molecule has 2 atom stereocenters. The van der Waals surface area contributed by atoms with Crippen LogP contribution in [-0.2, 0) is 4.79 Å². The Balaban J connectivity index is 1.63. The Kier molecular flexibility index (Phi) is 5.45. The second kappa shape index (κ2) is 7.95. The fourth-order valence-corrected chi connectivity index (χ4v) is 2.91. The lowest BCUT2D eigenvalue weighted by molar-refractivity contribution is -0.117. The van der Waals surface area contributed by atoms with Crippen molar-refractivity contribution in [1.82, 2.24) is 9.97 Å². The molecule has 0 saturated heterocycles. The third kappa shape index (κ3) is 4.28. The molecule has 0 spiro atoms. The number of benzene rings is 1. The van der Waals surface area contributed by atoms with Crippen molar-refractivity contribution in [2.75, 3.05) is 24.3 Å². The largest absolute Gasteiger partial charge is 0.347 e. The molecular formula is C21H23N5O. The number of hydrogen-bond acceptors (Lipinski definition) is 5. The van der Waals surface area contributed by atoms with E-state index in [4.69, 9.17) is 0 Å². The number of aromatic nitrogens is 2. The Morgan fingerprint density at radius 1 is 1.19 bits per heavy atom. The lowest BCUT2D eigenvalue weighted by Gasteiger charge is -2.10. The first-order valence-corrected chi connectivity index (χ1v) is 8.73. The number of amides is 1. The second-order valence-electron chi connectivity index (χ2n) is 6.67. The molecule has 1 fully saturated rings. The van der Waals surface area contributed by atoms with Gasteiger partial charge in [-0.05, 0) is 36.9 Å². The van der Waals surface area contributed by atoms with Gasteiger partial charge in [0, 0.05) is 55.3 Å². The minimum Gasteiger partial charge on any atom is -0.347 e. The van der Waals surface area contributed by atoms with Crippen molar-refractivity contribution in [2.24, 2.45) is 16.8 Å². The lowest BCUT2D eigenvalue weighted by atomic mass is 10.1. The summed E-state index contributed by atoms with van der Waals surface area (Å²) in [5.74, 6) is 0.742. The van der Waals surface area contributed by atoms with Crippen LogP contribution in [0.5, 0.6) is 0 Å². The van der Waals surface area contributed by atoms with E-state index in [-0.39, 0.29) is 17.7 Å². The van der Waals surface area contributed by atoms with E-state index in [0.717, 1.165) is 28.9 Å². The molecule has 1 amide bonds. The summed E-state index contributed by atoms with van der Waals surface area (Å²) >= 11 is 0. The zero-order chi connectivity index (χ0) is 19.4. The van der Waals surface area contributed by atoms with Crippen LogP contribution in [0.25, 0.3) is 11.1 Å². The number of nitrogens with zero attached hydrogens (tertiary/aromatic N) is 4. The maximum atomic E-state index is 12.4. The highest BCUT2D eigenvalue weighted by molar-refractivity contribution is 5.95. The normalized spacial score (nSPS) is 18.5. The molecule has 1 aliphatic rings. The van der Waals surface area contributed by atoms with E-state index in [1.807, 2.05) is 49.3 Å². The fourth-order valence-electron chi connectivity index (χ4n) is 2.91. The van der Waals surface area contributed by atoms with Crippen LogP contribution in [0.1, 0.15) is 6.42 Å². The zero-order valence-corrected chi connectivity index (χ0v) is 15.6. The number of carbonyl (C=O) groups is 1. The monoisotopic (exact) mass is 361 g/mol. The van der Waals surface area contributed by atoms with Gasteiger partial charge in [-0.2, -0.15) is 0 Å². The zero-order valence-electron chi connectivity index (χ0n) is 15.6. The van der Waals surface area contributed by atoms with Gasteiger partial charge in [0.15, 0.2) is 0 Å². The molecule has 1 heterocycles. The first-order chi connectivity index (χ1) is 13.0. The van der Waals surface area contributed by atoms with Gasteiger partial charge < -0.3 is 10.2 Å². The smallest absolute Gasteiger partial charge is 0.228 e. The molecular weight excluding hydrogens is 338 g/mol. The van der Waals surface area contributed by atoms with E-state index < -0.39 is 0 Å². The minimum atomic E-state index is -0.0617. The van der Waals surface area contributed by atoms with Crippen LogP contribution in [0, 0.1) is 11.8 Å². The van der Waals surface area contributed by atoms with Gasteiger partial charge in [0.25, 0.3) is 0 Å². The quantitative estimate of drug-likeness (QED) is 0.605. The Bertz CT molecular complexity index is 868. The minimum absolute atomic E-state index is 0.00466. The first-order valence-electron chi connectivity index (χ1n) is 8.73. The molecule has 3 rings (SSSR count). The highest BCUT2D eigenvalue weighted by Gasteiger charge is 2.45. The molecule has 2 aromatic rings. The predicted octanol–water partition coefficient (Wildman–Crippen LogP) is 3.55. The van der Waals surface area contributed by atoms with Gasteiger partial charge in [0.1, 0.15) is 0 Å². The number of rotatable bonds is 7. The lowest BCUT2D eigenvalue weighted by Crippen LogP contribution is -2.15. The third-order valence-corrected chi connectivity index (χ3v) is 4.50. The van der Waals surface area contributed by atoms with Crippen LogP contribution in [0.2, 0.25) is 0 Å². The summed E-state index contributed by atoms with van der Waals surface area (Å²) in [4.78, 5) is 26.9. The van der Waals surface area contributed by atoms with Crippen LogP contribution < -0.4 is 10.2 Å². The van der Waals surface area contributed by atoms with Crippen molar-refractivity contribution in [3.8, 4) is 11.1 Å². The molecule has 2 unspecified atom stereocenters. The molecule has 1 aromatic carbocycles.